The zero-order valence-electron chi connectivity index (χ0n) is 10.7. The molecular formula is C14H12F2N2O2. The van der Waals surface area contributed by atoms with E-state index >= 15 is 0 Å². The summed E-state index contributed by atoms with van der Waals surface area (Å²) in [6, 6.07) is 3.20. The van der Waals surface area contributed by atoms with Crippen LogP contribution >= 0.6 is 0 Å². The first-order valence-corrected chi connectivity index (χ1v) is 5.97. The van der Waals surface area contributed by atoms with E-state index in [4.69, 9.17) is 5.11 Å². The summed E-state index contributed by atoms with van der Waals surface area (Å²) in [5, 5.41) is 8.72. The van der Waals surface area contributed by atoms with E-state index in [1.54, 1.807) is 6.92 Å². The van der Waals surface area contributed by atoms with Crippen LogP contribution in [0.3, 0.4) is 0 Å². The Kier molecular flexibility index (Phi) is 4.02. The van der Waals surface area contributed by atoms with E-state index in [2.05, 4.69) is 9.97 Å². The lowest BCUT2D eigenvalue weighted by Crippen LogP contribution is -2.03. The zero-order valence-corrected chi connectivity index (χ0v) is 10.7. The fourth-order valence-corrected chi connectivity index (χ4v) is 1.83. The number of hydrogen-bond donors (Lipinski definition) is 1. The SMILES string of the molecule is Cc1ncc(CCC(=O)O)c(-c2ccc(F)cc2F)n1. The molecule has 0 spiro atoms. The number of aryl methyl sites for hydroxylation is 2. The number of nitrogens with zero attached hydrogens (tertiary/aromatic N) is 2. The number of carbonyl (C=O) groups is 1. The zero-order chi connectivity index (χ0) is 14.7. The van der Waals surface area contributed by atoms with Crippen molar-refractivity contribution in [2.24, 2.45) is 0 Å². The van der Waals surface area contributed by atoms with Crippen LogP contribution in [0.4, 0.5) is 8.78 Å². The van der Waals surface area contributed by atoms with Gasteiger partial charge < -0.3 is 5.11 Å². The second-order valence-electron chi connectivity index (χ2n) is 4.31. The van der Waals surface area contributed by atoms with Crippen LogP contribution in [0.5, 0.6) is 0 Å². The molecule has 1 aromatic heterocycles. The summed E-state index contributed by atoms with van der Waals surface area (Å²) in [6.07, 6.45) is 1.55. The van der Waals surface area contributed by atoms with Crippen molar-refractivity contribution in [2.75, 3.05) is 0 Å². The highest BCUT2D eigenvalue weighted by atomic mass is 19.1. The van der Waals surface area contributed by atoms with Crippen LogP contribution in [0.15, 0.2) is 24.4 Å². The number of aliphatic carboxylic acids is 1. The lowest BCUT2D eigenvalue weighted by Gasteiger charge is -2.09. The molecule has 0 aliphatic rings. The third-order valence-corrected chi connectivity index (χ3v) is 2.78. The molecule has 2 rings (SSSR count). The van der Waals surface area contributed by atoms with Gasteiger partial charge in [-0.25, -0.2) is 18.7 Å². The van der Waals surface area contributed by atoms with Crippen LogP contribution in [-0.2, 0) is 11.2 Å². The average molecular weight is 278 g/mol. The van der Waals surface area contributed by atoms with Crippen molar-refractivity contribution in [1.82, 2.24) is 9.97 Å². The van der Waals surface area contributed by atoms with Crippen molar-refractivity contribution in [2.45, 2.75) is 19.8 Å². The van der Waals surface area contributed by atoms with Gasteiger partial charge in [0.15, 0.2) is 0 Å². The predicted octanol–water partition coefficient (Wildman–Crippen LogP) is 2.75. The van der Waals surface area contributed by atoms with Crippen molar-refractivity contribution >= 4 is 5.97 Å². The van der Waals surface area contributed by atoms with E-state index in [-0.39, 0.29) is 18.4 Å². The molecule has 0 radical (unpaired) electrons. The minimum absolute atomic E-state index is 0.109. The highest BCUT2D eigenvalue weighted by Gasteiger charge is 2.14. The van der Waals surface area contributed by atoms with Crippen LogP contribution < -0.4 is 0 Å². The normalized spacial score (nSPS) is 10.6. The Labute approximate surface area is 114 Å². The van der Waals surface area contributed by atoms with Crippen LogP contribution in [0.1, 0.15) is 17.8 Å². The number of carboxylic acids is 1. The van der Waals surface area contributed by atoms with Gasteiger partial charge in [0.2, 0.25) is 0 Å². The Morgan fingerprint density at radius 1 is 1.35 bits per heavy atom. The van der Waals surface area contributed by atoms with Gasteiger partial charge in [-0.2, -0.15) is 0 Å². The Balaban J connectivity index is 2.48. The van der Waals surface area contributed by atoms with Crippen molar-refractivity contribution in [3.8, 4) is 11.3 Å². The number of rotatable bonds is 4. The molecule has 0 saturated heterocycles. The number of benzene rings is 1. The topological polar surface area (TPSA) is 63.1 Å². The summed E-state index contributed by atoms with van der Waals surface area (Å²) >= 11 is 0. The van der Waals surface area contributed by atoms with Crippen LogP contribution in [0.25, 0.3) is 11.3 Å². The molecule has 0 atom stereocenters. The lowest BCUT2D eigenvalue weighted by molar-refractivity contribution is -0.136. The molecular weight excluding hydrogens is 266 g/mol. The first-order chi connectivity index (χ1) is 9.47. The highest BCUT2D eigenvalue weighted by molar-refractivity contribution is 5.69. The molecule has 20 heavy (non-hydrogen) atoms. The van der Waals surface area contributed by atoms with Gasteiger partial charge in [0, 0.05) is 24.2 Å². The van der Waals surface area contributed by atoms with Crippen LogP contribution in [0, 0.1) is 18.6 Å². The van der Waals surface area contributed by atoms with E-state index in [1.807, 2.05) is 0 Å². The second kappa shape index (κ2) is 5.73. The van der Waals surface area contributed by atoms with E-state index in [1.165, 1.54) is 12.3 Å². The third kappa shape index (κ3) is 3.14. The van der Waals surface area contributed by atoms with Gasteiger partial charge >= 0.3 is 5.97 Å². The average Bonchev–Trinajstić information content (AvgIpc) is 2.37. The number of carboxylic acid groups (broad SMARTS) is 1. The summed E-state index contributed by atoms with van der Waals surface area (Å²) in [4.78, 5) is 18.8. The van der Waals surface area contributed by atoms with E-state index in [0.717, 1.165) is 12.1 Å². The fourth-order valence-electron chi connectivity index (χ4n) is 1.83. The van der Waals surface area contributed by atoms with Gasteiger partial charge in [-0.1, -0.05) is 0 Å². The summed E-state index contributed by atoms with van der Waals surface area (Å²) in [7, 11) is 0. The summed E-state index contributed by atoms with van der Waals surface area (Å²) in [5.74, 6) is -1.94. The van der Waals surface area contributed by atoms with Gasteiger partial charge in [0.1, 0.15) is 17.5 Å². The van der Waals surface area contributed by atoms with Crippen molar-refractivity contribution < 1.29 is 18.7 Å². The number of aromatic nitrogens is 2. The predicted molar refractivity (Wildman–Crippen MR) is 68.1 cm³/mol. The smallest absolute Gasteiger partial charge is 0.303 e. The molecule has 1 heterocycles. The van der Waals surface area contributed by atoms with Gasteiger partial charge in [-0.3, -0.25) is 4.79 Å². The molecule has 0 aliphatic heterocycles. The Morgan fingerprint density at radius 3 is 2.75 bits per heavy atom. The number of hydrogen-bond acceptors (Lipinski definition) is 3. The molecule has 0 bridgehead atoms. The van der Waals surface area contributed by atoms with Crippen LogP contribution in [0.2, 0.25) is 0 Å². The molecule has 6 heteroatoms. The third-order valence-electron chi connectivity index (χ3n) is 2.78. The quantitative estimate of drug-likeness (QED) is 0.934. The Morgan fingerprint density at radius 2 is 2.10 bits per heavy atom. The highest BCUT2D eigenvalue weighted by Crippen LogP contribution is 2.25. The molecule has 1 aromatic carbocycles. The lowest BCUT2D eigenvalue weighted by atomic mass is 10.0. The molecule has 0 saturated carbocycles. The van der Waals surface area contributed by atoms with Gasteiger partial charge in [0.25, 0.3) is 0 Å². The van der Waals surface area contributed by atoms with Crippen LogP contribution in [-0.4, -0.2) is 21.0 Å². The maximum absolute atomic E-state index is 13.8. The fraction of sp³-hybridized carbons (Fsp3) is 0.214. The number of halogens is 2. The molecule has 0 aliphatic carbocycles. The van der Waals surface area contributed by atoms with E-state index in [0.29, 0.717) is 17.1 Å². The first-order valence-electron chi connectivity index (χ1n) is 5.97. The minimum Gasteiger partial charge on any atom is -0.481 e. The molecule has 1 N–H and O–H groups in total. The standard InChI is InChI=1S/C14H12F2N2O2/c1-8-17-7-9(2-5-13(19)20)14(18-8)11-4-3-10(15)6-12(11)16/h3-4,6-7H,2,5H2,1H3,(H,19,20). The summed E-state index contributed by atoms with van der Waals surface area (Å²) in [6.45, 7) is 1.64. The van der Waals surface area contributed by atoms with E-state index in [9.17, 15) is 13.6 Å². The van der Waals surface area contributed by atoms with Crippen molar-refractivity contribution in [3.63, 3.8) is 0 Å². The Bertz CT molecular complexity index is 660. The molecule has 4 nitrogen and oxygen atoms in total. The molecule has 0 unspecified atom stereocenters. The maximum Gasteiger partial charge on any atom is 0.303 e. The van der Waals surface area contributed by atoms with E-state index < -0.39 is 17.6 Å². The largest absolute Gasteiger partial charge is 0.481 e. The molecule has 0 amide bonds. The second-order valence-corrected chi connectivity index (χ2v) is 4.31. The maximum atomic E-state index is 13.8. The van der Waals surface area contributed by atoms with Gasteiger partial charge in [-0.05, 0) is 31.0 Å². The van der Waals surface area contributed by atoms with Crippen molar-refractivity contribution in [1.29, 1.82) is 0 Å². The molecule has 0 fully saturated rings. The first kappa shape index (κ1) is 14.0. The Hall–Kier alpha value is -2.37. The molecule has 2 aromatic rings. The van der Waals surface area contributed by atoms with Gasteiger partial charge in [0.05, 0.1) is 5.69 Å². The summed E-state index contributed by atoms with van der Waals surface area (Å²) in [5.41, 5.74) is 0.956. The minimum atomic E-state index is -0.962. The summed E-state index contributed by atoms with van der Waals surface area (Å²) < 4.78 is 26.8. The molecule has 104 valence electrons. The monoisotopic (exact) mass is 278 g/mol. The van der Waals surface area contributed by atoms with Gasteiger partial charge in [-0.15, -0.1) is 0 Å². The van der Waals surface area contributed by atoms with Crippen molar-refractivity contribution in [3.05, 3.63) is 47.4 Å².